The number of rotatable bonds is 11. The molecule has 2 heterocycles. The second kappa shape index (κ2) is 12.2. The highest BCUT2D eigenvalue weighted by atomic mass is 32.2. The average Bonchev–Trinajstić information content (AvgIpc) is 3.23. The van der Waals surface area contributed by atoms with E-state index in [0.717, 1.165) is 42.3 Å². The summed E-state index contributed by atoms with van der Waals surface area (Å²) >= 11 is 1.42. The molecule has 37 heavy (non-hydrogen) atoms. The number of aromatic nitrogens is 1. The van der Waals surface area contributed by atoms with Crippen LogP contribution in [0.4, 0.5) is 0 Å². The number of sulfonamides is 1. The minimum Gasteiger partial charge on any atom is -0.486 e. The van der Waals surface area contributed by atoms with Crippen LogP contribution in [-0.2, 0) is 16.6 Å². The Labute approximate surface area is 222 Å². The maximum atomic E-state index is 13.2. The summed E-state index contributed by atoms with van der Waals surface area (Å²) in [5.41, 5.74) is 1.29. The molecule has 1 aliphatic rings. The predicted octanol–water partition coefficient (Wildman–Crippen LogP) is 5.22. The largest absolute Gasteiger partial charge is 0.486 e. The van der Waals surface area contributed by atoms with E-state index in [1.807, 2.05) is 30.5 Å². The van der Waals surface area contributed by atoms with Gasteiger partial charge in [-0.05, 0) is 43.5 Å². The molecule has 0 radical (unpaired) electrons. The van der Waals surface area contributed by atoms with Crippen LogP contribution < -0.4 is 14.3 Å². The molecule has 0 aliphatic carbocycles. The van der Waals surface area contributed by atoms with Crippen molar-refractivity contribution in [1.29, 1.82) is 0 Å². The summed E-state index contributed by atoms with van der Waals surface area (Å²) in [4.78, 5) is 18.3. The van der Waals surface area contributed by atoms with E-state index in [4.69, 9.17) is 9.47 Å². The molecule has 0 unspecified atom stereocenters. The number of carbonyl (C=O) groups is 1. The lowest BCUT2D eigenvalue weighted by Crippen LogP contribution is -2.33. The molecule has 0 saturated heterocycles. The Morgan fingerprint density at radius 1 is 0.973 bits per heavy atom. The fourth-order valence-corrected chi connectivity index (χ4v) is 6.80. The van der Waals surface area contributed by atoms with E-state index in [0.29, 0.717) is 54.7 Å². The fraction of sp³-hybridized carbons (Fsp3) is 0.481. The van der Waals surface area contributed by atoms with Gasteiger partial charge >= 0.3 is 0 Å². The van der Waals surface area contributed by atoms with E-state index in [9.17, 15) is 13.2 Å². The second-order valence-corrected chi connectivity index (χ2v) is 12.0. The highest BCUT2D eigenvalue weighted by Crippen LogP contribution is 2.35. The zero-order chi connectivity index (χ0) is 26.4. The van der Waals surface area contributed by atoms with Gasteiger partial charge in [-0.15, -0.1) is 0 Å². The molecule has 1 aromatic heterocycles. The Balaban J connectivity index is 1.63. The maximum absolute atomic E-state index is 13.2. The number of carbonyl (C=O) groups excluding carboxylic acids is 1. The van der Waals surface area contributed by atoms with Crippen LogP contribution in [0.15, 0.2) is 46.3 Å². The molecule has 0 N–H and O–H groups in total. The highest BCUT2D eigenvalue weighted by molar-refractivity contribution is 7.89. The first kappa shape index (κ1) is 27.3. The van der Waals surface area contributed by atoms with Crippen LogP contribution in [0.1, 0.15) is 63.2 Å². The number of amides is 1. The van der Waals surface area contributed by atoms with Gasteiger partial charge in [-0.25, -0.2) is 8.42 Å². The van der Waals surface area contributed by atoms with Crippen molar-refractivity contribution in [2.45, 2.75) is 64.3 Å². The molecule has 1 aliphatic heterocycles. The minimum absolute atomic E-state index is 0.199. The van der Waals surface area contributed by atoms with E-state index in [1.165, 1.54) is 23.5 Å². The lowest BCUT2D eigenvalue weighted by atomic mass is 10.2. The SMILES string of the molecule is CCCCN(CCCC)S(=O)(=O)c1ccc(C(=O)N=c2sc3cc4c(cc3n2CCC)OCCO4)cc1. The zero-order valence-electron chi connectivity index (χ0n) is 21.7. The van der Waals surface area contributed by atoms with Crippen molar-refractivity contribution in [1.82, 2.24) is 8.87 Å². The number of thiazole rings is 1. The van der Waals surface area contributed by atoms with Crippen LogP contribution in [0.2, 0.25) is 0 Å². The third-order valence-corrected chi connectivity index (χ3v) is 9.21. The third-order valence-electron chi connectivity index (χ3n) is 6.25. The average molecular weight is 546 g/mol. The number of ether oxygens (including phenoxy) is 2. The molecule has 8 nitrogen and oxygen atoms in total. The van der Waals surface area contributed by atoms with Gasteiger partial charge in [0.05, 0.1) is 15.1 Å². The molecule has 0 atom stereocenters. The van der Waals surface area contributed by atoms with Crippen LogP contribution in [0.25, 0.3) is 10.2 Å². The Kier molecular flexibility index (Phi) is 9.04. The number of aryl methyl sites for hydroxylation is 1. The zero-order valence-corrected chi connectivity index (χ0v) is 23.4. The summed E-state index contributed by atoms with van der Waals surface area (Å²) in [5.74, 6) is 0.986. The van der Waals surface area contributed by atoms with Gasteiger partial charge in [-0.3, -0.25) is 4.79 Å². The number of benzene rings is 2. The summed E-state index contributed by atoms with van der Waals surface area (Å²) in [6, 6.07) is 10.0. The third kappa shape index (κ3) is 6.08. The Morgan fingerprint density at radius 3 is 2.19 bits per heavy atom. The lowest BCUT2D eigenvalue weighted by Gasteiger charge is -2.22. The summed E-state index contributed by atoms with van der Waals surface area (Å²) in [7, 11) is -3.62. The first-order chi connectivity index (χ1) is 17.9. The van der Waals surface area contributed by atoms with E-state index >= 15 is 0 Å². The van der Waals surface area contributed by atoms with Gasteiger partial charge in [-0.1, -0.05) is 44.9 Å². The summed E-state index contributed by atoms with van der Waals surface area (Å²) in [6.07, 6.45) is 4.34. The minimum atomic E-state index is -3.62. The number of hydrogen-bond donors (Lipinski definition) is 0. The van der Waals surface area contributed by atoms with Crippen molar-refractivity contribution in [2.24, 2.45) is 4.99 Å². The first-order valence-corrected chi connectivity index (χ1v) is 15.3. The quantitative estimate of drug-likeness (QED) is 0.330. The number of nitrogens with zero attached hydrogens (tertiary/aromatic N) is 3. The number of unbranched alkanes of at least 4 members (excludes halogenated alkanes) is 2. The Morgan fingerprint density at radius 2 is 1.59 bits per heavy atom. The molecule has 3 aromatic rings. The van der Waals surface area contributed by atoms with Gasteiger partial charge in [-0.2, -0.15) is 9.30 Å². The van der Waals surface area contributed by atoms with Crippen LogP contribution in [-0.4, -0.2) is 49.5 Å². The van der Waals surface area contributed by atoms with Crippen molar-refractivity contribution >= 4 is 37.5 Å². The molecule has 200 valence electrons. The normalized spacial score (nSPS) is 14.0. The Bertz CT molecular complexity index is 1400. The van der Waals surface area contributed by atoms with E-state index in [2.05, 4.69) is 11.9 Å². The van der Waals surface area contributed by atoms with Gasteiger partial charge in [0, 0.05) is 37.3 Å². The van der Waals surface area contributed by atoms with Crippen molar-refractivity contribution in [3.8, 4) is 11.5 Å². The maximum Gasteiger partial charge on any atom is 0.279 e. The molecule has 0 saturated carbocycles. The molecule has 2 aromatic carbocycles. The molecular formula is C27H35N3O5S2. The smallest absolute Gasteiger partial charge is 0.279 e. The van der Waals surface area contributed by atoms with Gasteiger partial charge in [0.2, 0.25) is 10.0 Å². The molecule has 10 heteroatoms. The van der Waals surface area contributed by atoms with Crippen molar-refractivity contribution in [3.63, 3.8) is 0 Å². The monoisotopic (exact) mass is 545 g/mol. The topological polar surface area (TPSA) is 90.2 Å². The Hall–Kier alpha value is -2.69. The van der Waals surface area contributed by atoms with Gasteiger partial charge in [0.15, 0.2) is 16.3 Å². The lowest BCUT2D eigenvalue weighted by molar-refractivity contribution is 0.0997. The van der Waals surface area contributed by atoms with Gasteiger partial charge in [0.1, 0.15) is 13.2 Å². The van der Waals surface area contributed by atoms with Crippen molar-refractivity contribution < 1.29 is 22.7 Å². The molecule has 0 fully saturated rings. The highest BCUT2D eigenvalue weighted by Gasteiger charge is 2.24. The summed E-state index contributed by atoms with van der Waals surface area (Å²) < 4.78 is 42.5. The standard InChI is InChI=1S/C27H35N3O5S2/c1-4-7-14-29(15-8-5-2)37(32,33)21-11-9-20(10-12-21)26(31)28-27-30(13-6-3)22-18-23-24(19-25(22)36-27)35-17-16-34-23/h9-12,18-19H,4-8,13-17H2,1-3H3. The summed E-state index contributed by atoms with van der Waals surface area (Å²) in [6.45, 7) is 8.88. The summed E-state index contributed by atoms with van der Waals surface area (Å²) in [5, 5.41) is 0. The predicted molar refractivity (Wildman–Crippen MR) is 146 cm³/mol. The molecule has 0 bridgehead atoms. The van der Waals surface area contributed by atoms with Crippen LogP contribution in [0, 0.1) is 0 Å². The van der Waals surface area contributed by atoms with Crippen LogP contribution >= 0.6 is 11.3 Å². The fourth-order valence-electron chi connectivity index (χ4n) is 4.22. The molecule has 1 amide bonds. The molecule has 4 rings (SSSR count). The van der Waals surface area contributed by atoms with Gasteiger partial charge < -0.3 is 14.0 Å². The molecular weight excluding hydrogens is 510 g/mol. The van der Waals surface area contributed by atoms with Crippen molar-refractivity contribution in [3.05, 3.63) is 46.8 Å². The van der Waals surface area contributed by atoms with Crippen LogP contribution in [0.3, 0.4) is 0 Å². The van der Waals surface area contributed by atoms with Gasteiger partial charge in [0.25, 0.3) is 5.91 Å². The second-order valence-electron chi connectivity index (χ2n) is 9.05. The number of hydrogen-bond acceptors (Lipinski definition) is 6. The first-order valence-electron chi connectivity index (χ1n) is 13.0. The van der Waals surface area contributed by atoms with E-state index in [-0.39, 0.29) is 4.90 Å². The van der Waals surface area contributed by atoms with Crippen molar-refractivity contribution in [2.75, 3.05) is 26.3 Å². The number of fused-ring (bicyclic) bond motifs is 2. The molecule has 0 spiro atoms. The van der Waals surface area contributed by atoms with E-state index in [1.54, 1.807) is 16.4 Å². The van der Waals surface area contributed by atoms with Crippen LogP contribution in [0.5, 0.6) is 11.5 Å². The van der Waals surface area contributed by atoms with E-state index < -0.39 is 15.9 Å².